The van der Waals surface area contributed by atoms with Gasteiger partial charge in [0.15, 0.2) is 0 Å². The summed E-state index contributed by atoms with van der Waals surface area (Å²) in [5, 5.41) is 10.1. The van der Waals surface area contributed by atoms with Gasteiger partial charge in [-0.05, 0) is 79.4 Å². The van der Waals surface area contributed by atoms with Crippen LogP contribution in [0.5, 0.6) is 0 Å². The highest BCUT2D eigenvalue weighted by atomic mass is 79.9. The number of ether oxygens (including phenoxy) is 1. The van der Waals surface area contributed by atoms with E-state index in [4.69, 9.17) is 4.74 Å². The van der Waals surface area contributed by atoms with Gasteiger partial charge < -0.3 is 9.84 Å². The summed E-state index contributed by atoms with van der Waals surface area (Å²) in [4.78, 5) is 2.90. The zero-order valence-electron chi connectivity index (χ0n) is 15.4. The number of allylic oxidation sites excluding steroid dienone is 1. The van der Waals surface area contributed by atoms with Crippen LogP contribution >= 0.6 is 15.9 Å². The van der Waals surface area contributed by atoms with E-state index in [1.165, 1.54) is 38.5 Å². The number of hydrogen-bond donors (Lipinski definition) is 1. The van der Waals surface area contributed by atoms with E-state index in [1.807, 2.05) is 0 Å². The van der Waals surface area contributed by atoms with E-state index < -0.39 is 0 Å². The number of aliphatic hydroxyl groups is 1. The topological polar surface area (TPSA) is 32.8 Å². The largest absolute Gasteiger partial charge is 0.393 e. The number of halogens is 1. The normalized spacial score (nSPS) is 56.2. The Balaban J connectivity index is 1.47. The molecule has 8 atom stereocenters. The van der Waals surface area contributed by atoms with Gasteiger partial charge in [0.25, 0.3) is 0 Å². The second kappa shape index (κ2) is 5.37. The van der Waals surface area contributed by atoms with Gasteiger partial charge >= 0.3 is 0 Å². The van der Waals surface area contributed by atoms with Gasteiger partial charge in [-0.2, -0.15) is 0 Å². The maximum atomic E-state index is 10.1. The van der Waals surface area contributed by atoms with E-state index in [0.717, 1.165) is 30.6 Å². The zero-order valence-corrected chi connectivity index (χ0v) is 16.9. The lowest BCUT2D eigenvalue weighted by Gasteiger charge is -2.57. The molecule has 1 heterocycles. The molecule has 4 aliphatic carbocycles. The molecule has 2 nitrogen and oxygen atoms in total. The first kappa shape index (κ1) is 16.8. The van der Waals surface area contributed by atoms with Crippen molar-refractivity contribution in [2.24, 2.45) is 28.6 Å². The third-order valence-electron chi connectivity index (χ3n) is 9.14. The number of fused-ring (bicyclic) bond motifs is 6. The average molecular weight is 405 g/mol. The molecular formula is C22H29BrO2. The SMILES string of the molecule is C[C@]12CC[C@H](O)CC1=CCC1C2CC[C@@]2(C)C1CC[C@]21O[C@H]1C#CBr. The van der Waals surface area contributed by atoms with Crippen molar-refractivity contribution in [2.45, 2.75) is 83.0 Å². The standard InChI is InChI=1S/C22H29BrO2/c1-20-9-5-15(24)13-14(20)3-4-16-17(20)6-10-21(2)18(16)7-11-22(21)19(25-22)8-12-23/h3,15-19,24H,4-7,9-11,13H2,1-2H3/t15-,16?,17?,18?,19-,20-,21-,22+/m0/s1. The van der Waals surface area contributed by atoms with Gasteiger partial charge in [0.05, 0.1) is 6.10 Å². The number of hydrogen-bond acceptors (Lipinski definition) is 2. The van der Waals surface area contributed by atoms with E-state index in [9.17, 15) is 5.11 Å². The van der Waals surface area contributed by atoms with Gasteiger partial charge in [-0.15, -0.1) is 0 Å². The molecule has 5 rings (SSSR count). The molecule has 1 saturated heterocycles. The van der Waals surface area contributed by atoms with Crippen molar-refractivity contribution in [3.05, 3.63) is 11.6 Å². The van der Waals surface area contributed by atoms with Crippen molar-refractivity contribution in [1.29, 1.82) is 0 Å². The van der Waals surface area contributed by atoms with Crippen molar-refractivity contribution in [3.8, 4) is 10.8 Å². The van der Waals surface area contributed by atoms with Gasteiger partial charge in [0.2, 0.25) is 0 Å². The third kappa shape index (κ3) is 2.05. The summed E-state index contributed by atoms with van der Waals surface area (Å²) < 4.78 is 6.25. The minimum Gasteiger partial charge on any atom is -0.393 e. The number of epoxide rings is 1. The summed E-state index contributed by atoms with van der Waals surface area (Å²) in [7, 11) is 0. The van der Waals surface area contributed by atoms with Gasteiger partial charge in [0, 0.05) is 21.3 Å². The molecule has 0 radical (unpaired) electrons. The second-order valence-electron chi connectivity index (χ2n) is 9.78. The Hall–Kier alpha value is -0.300. The van der Waals surface area contributed by atoms with Crippen LogP contribution in [0, 0.1) is 39.3 Å². The lowest BCUT2D eigenvalue weighted by atomic mass is 9.47. The molecule has 4 fully saturated rings. The molecular weight excluding hydrogens is 376 g/mol. The van der Waals surface area contributed by atoms with Crippen LogP contribution < -0.4 is 0 Å². The Kier molecular flexibility index (Phi) is 3.62. The molecule has 1 spiro atoms. The lowest BCUT2D eigenvalue weighted by Crippen LogP contribution is -2.52. The Morgan fingerprint density at radius 1 is 1.16 bits per heavy atom. The predicted octanol–water partition coefficient (Wildman–Crippen LogP) is 4.80. The highest BCUT2D eigenvalue weighted by molar-refractivity contribution is 9.12. The fourth-order valence-electron chi connectivity index (χ4n) is 7.67. The van der Waals surface area contributed by atoms with E-state index in [0.29, 0.717) is 10.8 Å². The third-order valence-corrected chi connectivity index (χ3v) is 9.37. The van der Waals surface area contributed by atoms with E-state index in [1.54, 1.807) is 5.57 Å². The first-order chi connectivity index (χ1) is 11.9. The molecule has 3 saturated carbocycles. The molecule has 0 aromatic rings. The van der Waals surface area contributed by atoms with Gasteiger partial charge in [-0.1, -0.05) is 31.4 Å². The number of rotatable bonds is 0. The first-order valence-electron chi connectivity index (χ1n) is 10.1. The fourth-order valence-corrected chi connectivity index (χ4v) is 7.88. The first-order valence-corrected chi connectivity index (χ1v) is 10.9. The predicted molar refractivity (Wildman–Crippen MR) is 102 cm³/mol. The molecule has 5 aliphatic rings. The van der Waals surface area contributed by atoms with Crippen LogP contribution in [0.2, 0.25) is 0 Å². The van der Waals surface area contributed by atoms with Crippen LogP contribution in [0.15, 0.2) is 11.6 Å². The van der Waals surface area contributed by atoms with Crippen molar-refractivity contribution < 1.29 is 9.84 Å². The van der Waals surface area contributed by atoms with E-state index >= 15 is 0 Å². The molecule has 1 N–H and O–H groups in total. The van der Waals surface area contributed by atoms with E-state index in [-0.39, 0.29) is 17.8 Å². The Labute approximate surface area is 159 Å². The maximum Gasteiger partial charge on any atom is 0.149 e. The van der Waals surface area contributed by atoms with Crippen molar-refractivity contribution in [2.75, 3.05) is 0 Å². The van der Waals surface area contributed by atoms with E-state index in [2.05, 4.69) is 46.6 Å². The van der Waals surface area contributed by atoms with Crippen molar-refractivity contribution in [3.63, 3.8) is 0 Å². The monoisotopic (exact) mass is 404 g/mol. The Morgan fingerprint density at radius 3 is 2.76 bits per heavy atom. The number of aliphatic hydroxyl groups excluding tert-OH is 1. The smallest absolute Gasteiger partial charge is 0.149 e. The Bertz CT molecular complexity index is 690. The molecule has 25 heavy (non-hydrogen) atoms. The molecule has 0 bridgehead atoms. The van der Waals surface area contributed by atoms with Crippen LogP contribution in [-0.2, 0) is 4.74 Å². The summed E-state index contributed by atoms with van der Waals surface area (Å²) in [5.41, 5.74) is 2.23. The summed E-state index contributed by atoms with van der Waals surface area (Å²) in [6, 6.07) is 0. The highest BCUT2D eigenvalue weighted by Crippen LogP contribution is 2.72. The summed E-state index contributed by atoms with van der Waals surface area (Å²) in [6.07, 6.45) is 11.9. The molecule has 0 aromatic carbocycles. The summed E-state index contributed by atoms with van der Waals surface area (Å²) in [6.45, 7) is 5.00. The Morgan fingerprint density at radius 2 is 1.96 bits per heavy atom. The second-order valence-corrected chi connectivity index (χ2v) is 10.2. The summed E-state index contributed by atoms with van der Waals surface area (Å²) >= 11 is 3.26. The quantitative estimate of drug-likeness (QED) is 0.357. The molecule has 136 valence electrons. The average Bonchev–Trinajstić information content (AvgIpc) is 3.20. The van der Waals surface area contributed by atoms with Crippen molar-refractivity contribution >= 4 is 15.9 Å². The van der Waals surface area contributed by atoms with Gasteiger partial charge in [0.1, 0.15) is 11.7 Å². The molecule has 3 heteroatoms. The molecule has 0 amide bonds. The van der Waals surface area contributed by atoms with Crippen LogP contribution in [-0.4, -0.2) is 22.9 Å². The fraction of sp³-hybridized carbons (Fsp3) is 0.818. The van der Waals surface area contributed by atoms with Gasteiger partial charge in [-0.25, -0.2) is 0 Å². The maximum absolute atomic E-state index is 10.1. The van der Waals surface area contributed by atoms with Gasteiger partial charge in [-0.3, -0.25) is 0 Å². The summed E-state index contributed by atoms with van der Waals surface area (Å²) in [5.74, 6) is 5.61. The minimum atomic E-state index is -0.108. The van der Waals surface area contributed by atoms with Crippen LogP contribution in [0.1, 0.15) is 65.2 Å². The molecule has 0 aromatic heterocycles. The van der Waals surface area contributed by atoms with Crippen LogP contribution in [0.25, 0.3) is 0 Å². The zero-order chi connectivity index (χ0) is 17.4. The highest BCUT2D eigenvalue weighted by Gasteiger charge is 2.74. The molecule has 1 aliphatic heterocycles. The van der Waals surface area contributed by atoms with Crippen molar-refractivity contribution in [1.82, 2.24) is 0 Å². The minimum absolute atomic E-state index is 0.0388. The lowest BCUT2D eigenvalue weighted by molar-refractivity contribution is -0.0557. The van der Waals surface area contributed by atoms with Crippen LogP contribution in [0.4, 0.5) is 0 Å². The molecule has 3 unspecified atom stereocenters. The van der Waals surface area contributed by atoms with Crippen LogP contribution in [0.3, 0.4) is 0 Å².